The lowest BCUT2D eigenvalue weighted by atomic mass is 10.1. The van der Waals surface area contributed by atoms with Gasteiger partial charge in [-0.05, 0) is 36.8 Å². The van der Waals surface area contributed by atoms with E-state index in [1.807, 2.05) is 41.9 Å². The van der Waals surface area contributed by atoms with Gasteiger partial charge in [0.05, 0.1) is 11.4 Å². The molecule has 0 bridgehead atoms. The van der Waals surface area contributed by atoms with Crippen molar-refractivity contribution in [1.29, 1.82) is 0 Å². The minimum absolute atomic E-state index is 0.422. The van der Waals surface area contributed by atoms with Gasteiger partial charge in [-0.3, -0.25) is 4.79 Å². The topological polar surface area (TPSA) is 46.4 Å². The minimum Gasteiger partial charge on any atom is -0.321 e. The maximum atomic E-state index is 13.9. The van der Waals surface area contributed by atoms with Crippen LogP contribution in [-0.4, -0.2) is 15.3 Å². The average molecular weight is 363 g/mol. The van der Waals surface area contributed by atoms with Gasteiger partial charge in [0.15, 0.2) is 0 Å². The molecular formula is C21H15F2N3O. The number of amides is 1. The second-order valence-corrected chi connectivity index (χ2v) is 6.14. The van der Waals surface area contributed by atoms with Gasteiger partial charge in [0.25, 0.3) is 5.91 Å². The maximum Gasteiger partial charge on any atom is 0.261 e. The van der Waals surface area contributed by atoms with Crippen LogP contribution in [0.15, 0.2) is 67.0 Å². The lowest BCUT2D eigenvalue weighted by molar-refractivity contribution is 0.101. The first kappa shape index (κ1) is 16.9. The van der Waals surface area contributed by atoms with Crippen LogP contribution in [0, 0.1) is 18.6 Å². The predicted octanol–water partition coefficient (Wildman–Crippen LogP) is 4.84. The molecule has 2 aromatic heterocycles. The molecule has 0 spiro atoms. The molecule has 4 rings (SSSR count). The Hall–Kier alpha value is -3.54. The van der Waals surface area contributed by atoms with Crippen LogP contribution in [0.4, 0.5) is 14.5 Å². The Morgan fingerprint density at radius 2 is 1.74 bits per heavy atom. The molecule has 1 N–H and O–H groups in total. The third-order valence-electron chi connectivity index (χ3n) is 4.32. The Bertz CT molecular complexity index is 1150. The predicted molar refractivity (Wildman–Crippen MR) is 99.7 cm³/mol. The largest absolute Gasteiger partial charge is 0.321 e. The number of para-hydroxylation sites is 1. The molecule has 4 aromatic rings. The van der Waals surface area contributed by atoms with E-state index in [-0.39, 0.29) is 0 Å². The number of benzene rings is 2. The zero-order valence-corrected chi connectivity index (χ0v) is 14.4. The summed E-state index contributed by atoms with van der Waals surface area (Å²) in [5.74, 6) is -2.67. The summed E-state index contributed by atoms with van der Waals surface area (Å²) in [6.45, 7) is 1.96. The second-order valence-electron chi connectivity index (χ2n) is 6.14. The lowest BCUT2D eigenvalue weighted by Crippen LogP contribution is -2.16. The Kier molecular flexibility index (Phi) is 4.16. The number of carbonyl (C=O) groups excluding carboxylic acids is 1. The van der Waals surface area contributed by atoms with E-state index in [1.165, 1.54) is 6.07 Å². The summed E-state index contributed by atoms with van der Waals surface area (Å²) in [5.41, 5.74) is 2.93. The van der Waals surface area contributed by atoms with Crippen LogP contribution in [0.25, 0.3) is 16.9 Å². The second kappa shape index (κ2) is 6.64. The standard InChI is InChI=1S/C21H15F2N3O/c1-13-6-5-11-26-12-18(24-20(13)26)14-7-2-3-10-17(14)25-21(27)19-15(22)8-4-9-16(19)23/h2-12H,1H3,(H,25,27). The van der Waals surface area contributed by atoms with E-state index in [9.17, 15) is 13.6 Å². The number of hydrogen-bond acceptors (Lipinski definition) is 2. The number of hydrogen-bond donors (Lipinski definition) is 1. The first-order chi connectivity index (χ1) is 13.0. The molecule has 0 unspecified atom stereocenters. The van der Waals surface area contributed by atoms with E-state index in [1.54, 1.807) is 18.2 Å². The number of fused-ring (bicyclic) bond motifs is 1. The van der Waals surface area contributed by atoms with E-state index in [4.69, 9.17) is 0 Å². The fourth-order valence-electron chi connectivity index (χ4n) is 3.00. The lowest BCUT2D eigenvalue weighted by Gasteiger charge is -2.10. The molecule has 0 radical (unpaired) electrons. The minimum atomic E-state index is -0.909. The highest BCUT2D eigenvalue weighted by Crippen LogP contribution is 2.28. The molecular weight excluding hydrogens is 348 g/mol. The summed E-state index contributed by atoms with van der Waals surface area (Å²) in [6, 6.07) is 14.2. The van der Waals surface area contributed by atoms with Crippen molar-refractivity contribution in [2.75, 3.05) is 5.32 Å². The first-order valence-corrected chi connectivity index (χ1v) is 8.33. The molecule has 0 fully saturated rings. The maximum absolute atomic E-state index is 13.9. The number of carbonyl (C=O) groups is 1. The van der Waals surface area contributed by atoms with Crippen molar-refractivity contribution in [3.8, 4) is 11.3 Å². The monoisotopic (exact) mass is 363 g/mol. The zero-order chi connectivity index (χ0) is 19.0. The van der Waals surface area contributed by atoms with E-state index < -0.39 is 23.1 Å². The Morgan fingerprint density at radius 3 is 2.48 bits per heavy atom. The van der Waals surface area contributed by atoms with Gasteiger partial charge < -0.3 is 9.72 Å². The van der Waals surface area contributed by atoms with Crippen LogP contribution in [-0.2, 0) is 0 Å². The van der Waals surface area contributed by atoms with Gasteiger partial charge in [0.1, 0.15) is 22.8 Å². The zero-order valence-electron chi connectivity index (χ0n) is 14.4. The van der Waals surface area contributed by atoms with Crippen molar-refractivity contribution in [1.82, 2.24) is 9.38 Å². The molecule has 4 nitrogen and oxygen atoms in total. The molecule has 6 heteroatoms. The molecule has 0 aliphatic heterocycles. The number of nitrogens with zero attached hydrogens (tertiary/aromatic N) is 2. The van der Waals surface area contributed by atoms with Gasteiger partial charge >= 0.3 is 0 Å². The van der Waals surface area contributed by atoms with Crippen molar-refractivity contribution in [2.45, 2.75) is 6.92 Å². The summed E-state index contributed by atoms with van der Waals surface area (Å²) in [7, 11) is 0. The fourth-order valence-corrected chi connectivity index (χ4v) is 3.00. The van der Waals surface area contributed by atoms with Crippen LogP contribution in [0.3, 0.4) is 0 Å². The van der Waals surface area contributed by atoms with E-state index in [2.05, 4.69) is 10.3 Å². The van der Waals surface area contributed by atoms with Gasteiger partial charge in [0, 0.05) is 18.0 Å². The summed E-state index contributed by atoms with van der Waals surface area (Å²) in [5, 5.41) is 2.60. The van der Waals surface area contributed by atoms with E-state index in [0.717, 1.165) is 23.3 Å². The van der Waals surface area contributed by atoms with Crippen LogP contribution in [0.1, 0.15) is 15.9 Å². The normalized spacial score (nSPS) is 10.9. The summed E-state index contributed by atoms with van der Waals surface area (Å²) < 4.78 is 29.7. The molecule has 0 aliphatic carbocycles. The Balaban J connectivity index is 1.75. The van der Waals surface area contributed by atoms with Crippen LogP contribution < -0.4 is 5.32 Å². The molecule has 1 amide bonds. The fraction of sp³-hybridized carbons (Fsp3) is 0.0476. The highest BCUT2D eigenvalue weighted by Gasteiger charge is 2.19. The summed E-state index contributed by atoms with van der Waals surface area (Å²) in [6.07, 6.45) is 3.73. The third-order valence-corrected chi connectivity index (χ3v) is 4.32. The van der Waals surface area contributed by atoms with Crippen molar-refractivity contribution >= 4 is 17.2 Å². The van der Waals surface area contributed by atoms with Crippen molar-refractivity contribution in [3.05, 3.63) is 89.8 Å². The summed E-state index contributed by atoms with van der Waals surface area (Å²) >= 11 is 0. The smallest absolute Gasteiger partial charge is 0.261 e. The van der Waals surface area contributed by atoms with E-state index >= 15 is 0 Å². The summed E-state index contributed by atoms with van der Waals surface area (Å²) in [4.78, 5) is 17.1. The number of rotatable bonds is 3. The number of halogens is 2. The van der Waals surface area contributed by atoms with Gasteiger partial charge in [-0.15, -0.1) is 0 Å². The van der Waals surface area contributed by atoms with Crippen molar-refractivity contribution in [3.63, 3.8) is 0 Å². The molecule has 0 aliphatic rings. The van der Waals surface area contributed by atoms with Crippen LogP contribution in [0.5, 0.6) is 0 Å². The number of nitrogens with one attached hydrogen (secondary N) is 1. The third kappa shape index (κ3) is 3.06. The first-order valence-electron chi connectivity index (χ1n) is 8.33. The highest BCUT2D eigenvalue weighted by molar-refractivity contribution is 6.06. The van der Waals surface area contributed by atoms with Crippen molar-refractivity contribution in [2.24, 2.45) is 0 Å². The van der Waals surface area contributed by atoms with Gasteiger partial charge in [-0.1, -0.05) is 30.3 Å². The molecule has 27 heavy (non-hydrogen) atoms. The molecule has 0 saturated carbocycles. The quantitative estimate of drug-likeness (QED) is 0.566. The van der Waals surface area contributed by atoms with Crippen molar-refractivity contribution < 1.29 is 13.6 Å². The van der Waals surface area contributed by atoms with Gasteiger partial charge in [-0.2, -0.15) is 0 Å². The van der Waals surface area contributed by atoms with Crippen LogP contribution >= 0.6 is 0 Å². The van der Waals surface area contributed by atoms with Gasteiger partial charge in [-0.25, -0.2) is 13.8 Å². The number of aryl methyl sites for hydroxylation is 1. The van der Waals surface area contributed by atoms with E-state index in [0.29, 0.717) is 16.9 Å². The Morgan fingerprint density at radius 1 is 1.00 bits per heavy atom. The molecule has 2 heterocycles. The number of imidazole rings is 1. The number of aromatic nitrogens is 2. The Labute approximate surface area is 154 Å². The average Bonchev–Trinajstić information content (AvgIpc) is 3.07. The van der Waals surface area contributed by atoms with Gasteiger partial charge in [0.2, 0.25) is 0 Å². The highest BCUT2D eigenvalue weighted by atomic mass is 19.1. The molecule has 0 saturated heterocycles. The number of anilines is 1. The molecule has 134 valence electrons. The molecule has 2 aromatic carbocycles. The molecule has 0 atom stereocenters. The SMILES string of the molecule is Cc1cccn2cc(-c3ccccc3NC(=O)c3c(F)cccc3F)nc12. The van der Waals surface area contributed by atoms with Crippen LogP contribution in [0.2, 0.25) is 0 Å². The number of pyridine rings is 1.